The summed E-state index contributed by atoms with van der Waals surface area (Å²) in [6.07, 6.45) is 3.66. The van der Waals surface area contributed by atoms with Crippen molar-refractivity contribution in [2.75, 3.05) is 26.7 Å². The first-order chi connectivity index (χ1) is 15.2. The summed E-state index contributed by atoms with van der Waals surface area (Å²) < 4.78 is 7.11. The van der Waals surface area contributed by atoms with Gasteiger partial charge in [0.25, 0.3) is 5.91 Å². The van der Waals surface area contributed by atoms with Gasteiger partial charge < -0.3 is 10.1 Å². The number of hydrogen-bond donors (Lipinski definition) is 1. The molecule has 31 heavy (non-hydrogen) atoms. The highest BCUT2D eigenvalue weighted by atomic mass is 16.5. The molecule has 4 rings (SSSR count). The summed E-state index contributed by atoms with van der Waals surface area (Å²) in [4.78, 5) is 15.4. The van der Waals surface area contributed by atoms with Crippen molar-refractivity contribution >= 4 is 5.91 Å². The first-order valence-corrected chi connectivity index (χ1v) is 10.9. The number of aromatic nitrogens is 2. The molecule has 1 fully saturated rings. The van der Waals surface area contributed by atoms with Crippen LogP contribution < -0.4 is 10.1 Å². The van der Waals surface area contributed by atoms with Gasteiger partial charge in [0.15, 0.2) is 5.69 Å². The van der Waals surface area contributed by atoms with Gasteiger partial charge in [-0.3, -0.25) is 9.69 Å². The van der Waals surface area contributed by atoms with Crippen LogP contribution >= 0.6 is 0 Å². The van der Waals surface area contributed by atoms with Crippen LogP contribution in [0.25, 0.3) is 5.69 Å². The molecule has 0 bridgehead atoms. The van der Waals surface area contributed by atoms with Gasteiger partial charge >= 0.3 is 0 Å². The van der Waals surface area contributed by atoms with E-state index < -0.39 is 0 Å². The Morgan fingerprint density at radius 2 is 1.77 bits per heavy atom. The van der Waals surface area contributed by atoms with Crippen molar-refractivity contribution in [2.24, 2.45) is 0 Å². The van der Waals surface area contributed by atoms with E-state index in [2.05, 4.69) is 27.4 Å². The molecule has 1 aromatic heterocycles. The predicted octanol–water partition coefficient (Wildman–Crippen LogP) is 4.15. The summed E-state index contributed by atoms with van der Waals surface area (Å²) in [5.41, 5.74) is 3.50. The molecule has 0 spiro atoms. The van der Waals surface area contributed by atoms with Crippen LogP contribution in [0.5, 0.6) is 5.75 Å². The van der Waals surface area contributed by atoms with E-state index in [-0.39, 0.29) is 11.9 Å². The van der Waals surface area contributed by atoms with Gasteiger partial charge in [-0.1, -0.05) is 36.8 Å². The number of para-hydroxylation sites is 1. The Bertz CT molecular complexity index is 992. The lowest BCUT2D eigenvalue weighted by Crippen LogP contribution is -2.40. The lowest BCUT2D eigenvalue weighted by Gasteiger charge is -2.35. The summed E-state index contributed by atoms with van der Waals surface area (Å²) in [5.74, 6) is 0.695. The van der Waals surface area contributed by atoms with E-state index in [4.69, 9.17) is 4.74 Å². The molecule has 2 heterocycles. The van der Waals surface area contributed by atoms with Gasteiger partial charge in [-0.05, 0) is 68.8 Å². The second-order valence-corrected chi connectivity index (χ2v) is 8.01. The van der Waals surface area contributed by atoms with Crippen LogP contribution in [0.3, 0.4) is 0 Å². The third-order valence-corrected chi connectivity index (χ3v) is 5.91. The monoisotopic (exact) mass is 418 g/mol. The molecule has 1 aliphatic heterocycles. The van der Waals surface area contributed by atoms with Crippen LogP contribution in [0, 0.1) is 6.92 Å². The first kappa shape index (κ1) is 21.1. The molecule has 2 aromatic carbocycles. The number of carbonyl (C=O) groups excluding carboxylic acids is 1. The molecule has 0 saturated carbocycles. The highest BCUT2D eigenvalue weighted by Crippen LogP contribution is 2.26. The van der Waals surface area contributed by atoms with Gasteiger partial charge in [0.2, 0.25) is 0 Å². The molecule has 1 N–H and O–H groups in total. The third kappa shape index (κ3) is 4.97. The van der Waals surface area contributed by atoms with Crippen molar-refractivity contribution in [3.63, 3.8) is 0 Å². The standard InChI is InChI=1S/C25H30N4O2/c1-19-17-23(27-29(19)21-9-5-3-6-10-21)25(30)26-18-24(28-15-7-4-8-16-28)20-11-13-22(31-2)14-12-20/h3,5-6,9-14,17,24H,4,7-8,15-16,18H2,1-2H3,(H,26,30). The van der Waals surface area contributed by atoms with Crippen LogP contribution in [-0.4, -0.2) is 47.3 Å². The number of nitrogens with one attached hydrogen (secondary N) is 1. The maximum atomic E-state index is 12.9. The van der Waals surface area contributed by atoms with E-state index in [9.17, 15) is 4.79 Å². The number of aryl methyl sites for hydroxylation is 1. The number of methoxy groups -OCH3 is 1. The van der Waals surface area contributed by atoms with Crippen LogP contribution in [0.2, 0.25) is 0 Å². The molecule has 1 atom stereocenters. The van der Waals surface area contributed by atoms with Gasteiger partial charge in [-0.25, -0.2) is 4.68 Å². The zero-order valence-corrected chi connectivity index (χ0v) is 18.3. The maximum absolute atomic E-state index is 12.9. The summed E-state index contributed by atoms with van der Waals surface area (Å²) in [7, 11) is 1.67. The highest BCUT2D eigenvalue weighted by Gasteiger charge is 2.24. The minimum atomic E-state index is -0.145. The largest absolute Gasteiger partial charge is 0.497 e. The Labute approximate surface area is 183 Å². The van der Waals surface area contributed by atoms with E-state index in [0.717, 1.165) is 30.2 Å². The van der Waals surface area contributed by atoms with E-state index in [1.807, 2.05) is 55.5 Å². The van der Waals surface area contributed by atoms with Crippen molar-refractivity contribution in [3.8, 4) is 11.4 Å². The number of carbonyl (C=O) groups is 1. The molecule has 0 aliphatic carbocycles. The average molecular weight is 419 g/mol. The second kappa shape index (κ2) is 9.79. The molecule has 3 aromatic rings. The number of nitrogens with zero attached hydrogens (tertiary/aromatic N) is 3. The minimum Gasteiger partial charge on any atom is -0.497 e. The summed E-state index contributed by atoms with van der Waals surface area (Å²) in [6.45, 7) is 4.61. The summed E-state index contributed by atoms with van der Waals surface area (Å²) >= 11 is 0. The number of likely N-dealkylation sites (tertiary alicyclic amines) is 1. The van der Waals surface area contributed by atoms with Crippen LogP contribution in [0.4, 0.5) is 0 Å². The number of hydrogen-bond acceptors (Lipinski definition) is 4. The Morgan fingerprint density at radius 3 is 2.45 bits per heavy atom. The molecule has 1 amide bonds. The molecule has 0 radical (unpaired) electrons. The fraction of sp³-hybridized carbons (Fsp3) is 0.360. The van der Waals surface area contributed by atoms with Crippen molar-refractivity contribution in [2.45, 2.75) is 32.2 Å². The zero-order chi connectivity index (χ0) is 21.6. The van der Waals surface area contributed by atoms with Gasteiger partial charge in [0.1, 0.15) is 5.75 Å². The normalized spacial score (nSPS) is 15.4. The molecule has 1 aliphatic rings. The van der Waals surface area contributed by atoms with E-state index in [1.54, 1.807) is 11.8 Å². The molecular weight excluding hydrogens is 388 g/mol. The first-order valence-electron chi connectivity index (χ1n) is 10.9. The smallest absolute Gasteiger partial charge is 0.271 e. The lowest BCUT2D eigenvalue weighted by atomic mass is 10.0. The molecule has 1 saturated heterocycles. The summed E-state index contributed by atoms with van der Waals surface area (Å²) in [6, 6.07) is 20.0. The predicted molar refractivity (Wildman–Crippen MR) is 122 cm³/mol. The van der Waals surface area contributed by atoms with Crippen LogP contribution in [0.1, 0.15) is 47.1 Å². The number of rotatable bonds is 7. The molecule has 1 unspecified atom stereocenters. The van der Waals surface area contributed by atoms with E-state index >= 15 is 0 Å². The molecule has 162 valence electrons. The second-order valence-electron chi connectivity index (χ2n) is 8.01. The Balaban J connectivity index is 1.49. The summed E-state index contributed by atoms with van der Waals surface area (Å²) in [5, 5.41) is 7.67. The van der Waals surface area contributed by atoms with Crippen molar-refractivity contribution in [1.29, 1.82) is 0 Å². The number of amides is 1. The molecular formula is C25H30N4O2. The Hall–Kier alpha value is -3.12. The van der Waals surface area contributed by atoms with Gasteiger partial charge in [0, 0.05) is 12.2 Å². The Kier molecular flexibility index (Phi) is 6.67. The third-order valence-electron chi connectivity index (χ3n) is 5.91. The fourth-order valence-corrected chi connectivity index (χ4v) is 4.21. The number of benzene rings is 2. The number of piperidine rings is 1. The van der Waals surface area contributed by atoms with Crippen molar-refractivity contribution in [3.05, 3.63) is 77.6 Å². The van der Waals surface area contributed by atoms with E-state index in [0.29, 0.717) is 12.2 Å². The van der Waals surface area contributed by atoms with Gasteiger partial charge in [0.05, 0.1) is 18.8 Å². The average Bonchev–Trinajstić information content (AvgIpc) is 3.22. The SMILES string of the molecule is COc1ccc(C(CNC(=O)c2cc(C)n(-c3ccccc3)n2)N2CCCCC2)cc1. The van der Waals surface area contributed by atoms with Crippen molar-refractivity contribution < 1.29 is 9.53 Å². The molecule has 6 heteroatoms. The topological polar surface area (TPSA) is 59.4 Å². The van der Waals surface area contributed by atoms with Gasteiger partial charge in [-0.2, -0.15) is 5.10 Å². The highest BCUT2D eigenvalue weighted by molar-refractivity contribution is 5.92. The number of ether oxygens (including phenoxy) is 1. The van der Waals surface area contributed by atoms with E-state index in [1.165, 1.54) is 24.8 Å². The van der Waals surface area contributed by atoms with Crippen LogP contribution in [0.15, 0.2) is 60.7 Å². The zero-order valence-electron chi connectivity index (χ0n) is 18.3. The van der Waals surface area contributed by atoms with Gasteiger partial charge in [-0.15, -0.1) is 0 Å². The quantitative estimate of drug-likeness (QED) is 0.626. The maximum Gasteiger partial charge on any atom is 0.271 e. The lowest BCUT2D eigenvalue weighted by molar-refractivity contribution is 0.0919. The van der Waals surface area contributed by atoms with Crippen molar-refractivity contribution in [1.82, 2.24) is 20.0 Å². The van der Waals surface area contributed by atoms with Crippen LogP contribution in [-0.2, 0) is 0 Å². The Morgan fingerprint density at radius 1 is 1.06 bits per heavy atom. The minimum absolute atomic E-state index is 0.132. The molecule has 6 nitrogen and oxygen atoms in total. The fourth-order valence-electron chi connectivity index (χ4n) is 4.21.